The maximum Gasteiger partial charge on any atom is 0.410 e. The van der Waals surface area contributed by atoms with Gasteiger partial charge in [0.05, 0.1) is 0 Å². The van der Waals surface area contributed by atoms with Crippen LogP contribution in [-0.4, -0.2) is 35.2 Å². The SMILES string of the molecule is CCC1C(N)CC(c2ccsc2)CN1C(=O)OC(C)(C)C. The number of nitrogens with two attached hydrogens (primary N) is 1. The minimum Gasteiger partial charge on any atom is -0.444 e. The number of thiophene rings is 1. The Hall–Kier alpha value is -1.07. The number of amides is 1. The molecule has 3 unspecified atom stereocenters. The predicted octanol–water partition coefficient (Wildman–Crippen LogP) is 3.58. The van der Waals surface area contributed by atoms with Crippen LogP contribution in [0.15, 0.2) is 16.8 Å². The molecular weight excluding hydrogens is 284 g/mol. The fourth-order valence-corrected chi connectivity index (χ4v) is 3.71. The Balaban J connectivity index is 2.16. The van der Waals surface area contributed by atoms with E-state index < -0.39 is 5.60 Å². The van der Waals surface area contributed by atoms with Gasteiger partial charge in [0.15, 0.2) is 0 Å². The van der Waals surface area contributed by atoms with Crippen molar-refractivity contribution in [1.82, 2.24) is 4.90 Å². The summed E-state index contributed by atoms with van der Waals surface area (Å²) in [6, 6.07) is 2.19. The maximum atomic E-state index is 12.5. The summed E-state index contributed by atoms with van der Waals surface area (Å²) in [5.41, 5.74) is 7.13. The van der Waals surface area contributed by atoms with Crippen molar-refractivity contribution < 1.29 is 9.53 Å². The fraction of sp³-hybridized carbons (Fsp3) is 0.688. The van der Waals surface area contributed by atoms with Crippen molar-refractivity contribution in [2.24, 2.45) is 5.73 Å². The number of nitrogens with zero attached hydrogens (tertiary/aromatic N) is 1. The number of hydrogen-bond donors (Lipinski definition) is 1. The normalized spacial score (nSPS) is 26.7. The van der Waals surface area contributed by atoms with Crippen LogP contribution in [0.3, 0.4) is 0 Å². The van der Waals surface area contributed by atoms with Crippen LogP contribution < -0.4 is 5.73 Å². The molecule has 1 aliphatic heterocycles. The van der Waals surface area contributed by atoms with Crippen LogP contribution in [-0.2, 0) is 4.74 Å². The highest BCUT2D eigenvalue weighted by Gasteiger charge is 2.38. The van der Waals surface area contributed by atoms with Crippen LogP contribution in [0.5, 0.6) is 0 Å². The first-order chi connectivity index (χ1) is 9.81. The van der Waals surface area contributed by atoms with Crippen molar-refractivity contribution in [3.05, 3.63) is 22.4 Å². The minimum atomic E-state index is -0.477. The minimum absolute atomic E-state index is 0.00108. The van der Waals surface area contributed by atoms with Crippen molar-refractivity contribution in [1.29, 1.82) is 0 Å². The number of carbonyl (C=O) groups excluding carboxylic acids is 1. The molecule has 3 atom stereocenters. The topological polar surface area (TPSA) is 55.6 Å². The largest absolute Gasteiger partial charge is 0.444 e. The molecule has 0 bridgehead atoms. The lowest BCUT2D eigenvalue weighted by Crippen LogP contribution is -2.57. The molecule has 1 fully saturated rings. The van der Waals surface area contributed by atoms with E-state index >= 15 is 0 Å². The molecule has 1 aliphatic rings. The summed E-state index contributed by atoms with van der Waals surface area (Å²) in [4.78, 5) is 14.3. The number of rotatable bonds is 2. The number of carbonyl (C=O) groups is 1. The van der Waals surface area contributed by atoms with Crippen molar-refractivity contribution in [2.75, 3.05) is 6.54 Å². The molecular formula is C16H26N2O2S. The Morgan fingerprint density at radius 3 is 2.76 bits per heavy atom. The van der Waals surface area contributed by atoms with Gasteiger partial charge in [-0.1, -0.05) is 6.92 Å². The lowest BCUT2D eigenvalue weighted by atomic mass is 9.85. The Kier molecular flexibility index (Phi) is 4.94. The van der Waals surface area contributed by atoms with E-state index in [2.05, 4.69) is 23.8 Å². The number of likely N-dealkylation sites (tertiary alicyclic amines) is 1. The summed E-state index contributed by atoms with van der Waals surface area (Å²) in [5, 5.41) is 4.22. The molecule has 4 nitrogen and oxygen atoms in total. The summed E-state index contributed by atoms with van der Waals surface area (Å²) >= 11 is 1.69. The molecule has 2 N–H and O–H groups in total. The van der Waals surface area contributed by atoms with Gasteiger partial charge in [0.25, 0.3) is 0 Å². The summed E-state index contributed by atoms with van der Waals surface area (Å²) in [7, 11) is 0. The van der Waals surface area contributed by atoms with Crippen LogP contribution in [0.25, 0.3) is 0 Å². The molecule has 1 amide bonds. The smallest absolute Gasteiger partial charge is 0.410 e. The molecule has 118 valence electrons. The van der Waals surface area contributed by atoms with E-state index in [9.17, 15) is 4.79 Å². The monoisotopic (exact) mass is 310 g/mol. The fourth-order valence-electron chi connectivity index (χ4n) is 2.97. The summed E-state index contributed by atoms with van der Waals surface area (Å²) in [5.74, 6) is 0.307. The molecule has 0 saturated carbocycles. The van der Waals surface area contributed by atoms with Crippen LogP contribution in [0, 0.1) is 0 Å². The van der Waals surface area contributed by atoms with E-state index in [1.807, 2.05) is 25.7 Å². The van der Waals surface area contributed by atoms with E-state index in [0.29, 0.717) is 12.5 Å². The second-order valence-corrected chi connectivity index (χ2v) is 7.54. The standard InChI is InChI=1S/C16H26N2O2S/c1-5-14-13(17)8-12(11-6-7-21-10-11)9-18(14)15(19)20-16(2,3)4/h6-7,10,12-14H,5,8-9,17H2,1-4H3. The lowest BCUT2D eigenvalue weighted by Gasteiger charge is -2.43. The Morgan fingerprint density at radius 2 is 2.24 bits per heavy atom. The third kappa shape index (κ3) is 3.98. The molecule has 1 aromatic heterocycles. The van der Waals surface area contributed by atoms with Gasteiger partial charge >= 0.3 is 6.09 Å². The van der Waals surface area contributed by atoms with Gasteiger partial charge < -0.3 is 15.4 Å². The molecule has 21 heavy (non-hydrogen) atoms. The van der Waals surface area contributed by atoms with Gasteiger partial charge in [-0.2, -0.15) is 11.3 Å². The zero-order chi connectivity index (χ0) is 15.6. The van der Waals surface area contributed by atoms with Crippen molar-refractivity contribution in [2.45, 2.75) is 64.1 Å². The molecule has 2 rings (SSSR count). The average Bonchev–Trinajstić information content (AvgIpc) is 2.89. The molecule has 2 heterocycles. The van der Waals surface area contributed by atoms with Crippen molar-refractivity contribution >= 4 is 17.4 Å². The van der Waals surface area contributed by atoms with Crippen molar-refractivity contribution in [3.8, 4) is 0 Å². The zero-order valence-corrected chi connectivity index (χ0v) is 14.2. The molecule has 0 aromatic carbocycles. The summed E-state index contributed by atoms with van der Waals surface area (Å²) in [6.07, 6.45) is 1.54. The van der Waals surface area contributed by atoms with Crippen molar-refractivity contribution in [3.63, 3.8) is 0 Å². The van der Waals surface area contributed by atoms with Gasteiger partial charge in [-0.05, 0) is 56.0 Å². The highest BCUT2D eigenvalue weighted by Crippen LogP contribution is 2.32. The first-order valence-corrected chi connectivity index (χ1v) is 8.53. The van der Waals surface area contributed by atoms with Gasteiger partial charge in [-0.15, -0.1) is 0 Å². The highest BCUT2D eigenvalue weighted by molar-refractivity contribution is 7.07. The second kappa shape index (κ2) is 6.36. The maximum absolute atomic E-state index is 12.5. The van der Waals surface area contributed by atoms with E-state index in [0.717, 1.165) is 12.8 Å². The Bertz CT molecular complexity index is 467. The van der Waals surface area contributed by atoms with Gasteiger partial charge in [-0.3, -0.25) is 0 Å². The second-order valence-electron chi connectivity index (χ2n) is 6.76. The third-order valence-corrected chi connectivity index (χ3v) is 4.63. The van der Waals surface area contributed by atoms with E-state index in [1.165, 1.54) is 5.56 Å². The lowest BCUT2D eigenvalue weighted by molar-refractivity contribution is 0.00356. The molecule has 1 saturated heterocycles. The molecule has 0 spiro atoms. The predicted molar refractivity (Wildman–Crippen MR) is 86.7 cm³/mol. The van der Waals surface area contributed by atoms with Crippen LogP contribution in [0.1, 0.15) is 52.0 Å². The summed E-state index contributed by atoms with van der Waals surface area (Å²) < 4.78 is 5.56. The average molecular weight is 310 g/mol. The van der Waals surface area contributed by atoms with E-state index in [4.69, 9.17) is 10.5 Å². The van der Waals surface area contributed by atoms with E-state index in [-0.39, 0.29) is 18.2 Å². The highest BCUT2D eigenvalue weighted by atomic mass is 32.1. The Labute approximate surface area is 131 Å². The van der Waals surface area contributed by atoms with Crippen LogP contribution >= 0.6 is 11.3 Å². The van der Waals surface area contributed by atoms with Crippen LogP contribution in [0.4, 0.5) is 4.79 Å². The van der Waals surface area contributed by atoms with Crippen LogP contribution in [0.2, 0.25) is 0 Å². The van der Waals surface area contributed by atoms with Gasteiger partial charge in [0, 0.05) is 24.5 Å². The number of ether oxygens (including phenoxy) is 1. The molecule has 5 heteroatoms. The Morgan fingerprint density at radius 1 is 1.52 bits per heavy atom. The van der Waals surface area contributed by atoms with E-state index in [1.54, 1.807) is 11.3 Å². The van der Waals surface area contributed by atoms with Gasteiger partial charge in [-0.25, -0.2) is 4.79 Å². The first kappa shape index (κ1) is 16.3. The molecule has 0 aliphatic carbocycles. The van der Waals surface area contributed by atoms with Gasteiger partial charge in [0.2, 0.25) is 0 Å². The first-order valence-electron chi connectivity index (χ1n) is 7.59. The quantitative estimate of drug-likeness (QED) is 0.908. The molecule has 1 aromatic rings. The number of piperidine rings is 1. The third-order valence-electron chi connectivity index (χ3n) is 3.93. The molecule has 0 radical (unpaired) electrons. The summed E-state index contributed by atoms with van der Waals surface area (Å²) in [6.45, 7) is 8.45. The zero-order valence-electron chi connectivity index (χ0n) is 13.3. The number of hydrogen-bond acceptors (Lipinski definition) is 4. The van der Waals surface area contributed by atoms with Gasteiger partial charge in [0.1, 0.15) is 5.60 Å².